The van der Waals surface area contributed by atoms with Crippen LogP contribution in [0, 0.1) is 17.2 Å². The molecule has 118 valence electrons. The lowest BCUT2D eigenvalue weighted by molar-refractivity contribution is 0.0987. The molecular weight excluding hydrogens is 265 g/mol. The molecule has 0 heterocycles. The van der Waals surface area contributed by atoms with Crippen LogP contribution in [-0.4, -0.2) is 13.7 Å². The van der Waals surface area contributed by atoms with Gasteiger partial charge in [-0.3, -0.25) is 0 Å². The molecule has 2 atom stereocenters. The van der Waals surface area contributed by atoms with Gasteiger partial charge in [-0.05, 0) is 48.4 Å². The maximum atomic E-state index is 14.1. The fourth-order valence-electron chi connectivity index (χ4n) is 3.73. The van der Waals surface area contributed by atoms with Crippen molar-refractivity contribution in [2.45, 2.75) is 52.5 Å². The molecule has 0 aromatic heterocycles. The van der Waals surface area contributed by atoms with Gasteiger partial charge >= 0.3 is 0 Å². The van der Waals surface area contributed by atoms with E-state index in [1.54, 1.807) is 12.1 Å². The number of hydrogen-bond donors (Lipinski definition) is 1. The number of hydrogen-bond acceptors (Lipinski definition) is 2. The molecule has 0 spiro atoms. The highest BCUT2D eigenvalue weighted by Gasteiger charge is 2.38. The fraction of sp³-hybridized carbons (Fsp3) is 0.667. The zero-order valence-electron chi connectivity index (χ0n) is 13.7. The monoisotopic (exact) mass is 293 g/mol. The fourth-order valence-corrected chi connectivity index (χ4v) is 3.73. The summed E-state index contributed by atoms with van der Waals surface area (Å²) in [6.45, 7) is 7.70. The first-order valence-electron chi connectivity index (χ1n) is 8.06. The SMILES string of the molecule is CCNC(c1ccc(OC)c(F)c1)C1CCCCC1(C)C. The predicted octanol–water partition coefficient (Wildman–Crippen LogP) is 4.70. The van der Waals surface area contributed by atoms with Gasteiger partial charge in [0.2, 0.25) is 0 Å². The summed E-state index contributed by atoms with van der Waals surface area (Å²) < 4.78 is 19.1. The molecule has 0 aliphatic heterocycles. The zero-order valence-corrected chi connectivity index (χ0v) is 13.7. The second-order valence-corrected chi connectivity index (χ2v) is 6.77. The van der Waals surface area contributed by atoms with Gasteiger partial charge in [0.25, 0.3) is 0 Å². The Kier molecular flexibility index (Phi) is 5.26. The third-order valence-corrected chi connectivity index (χ3v) is 4.95. The van der Waals surface area contributed by atoms with Gasteiger partial charge in [0.15, 0.2) is 11.6 Å². The Morgan fingerprint density at radius 2 is 2.14 bits per heavy atom. The average molecular weight is 293 g/mol. The van der Waals surface area contributed by atoms with E-state index in [1.165, 1.54) is 32.8 Å². The van der Waals surface area contributed by atoms with Crippen LogP contribution in [0.15, 0.2) is 18.2 Å². The van der Waals surface area contributed by atoms with Gasteiger partial charge in [0.05, 0.1) is 7.11 Å². The molecule has 0 radical (unpaired) electrons. The molecule has 21 heavy (non-hydrogen) atoms. The number of methoxy groups -OCH3 is 1. The minimum Gasteiger partial charge on any atom is -0.494 e. The van der Waals surface area contributed by atoms with Crippen molar-refractivity contribution in [2.75, 3.05) is 13.7 Å². The van der Waals surface area contributed by atoms with Gasteiger partial charge in [0, 0.05) is 6.04 Å². The van der Waals surface area contributed by atoms with E-state index in [0.717, 1.165) is 12.1 Å². The summed E-state index contributed by atoms with van der Waals surface area (Å²) in [7, 11) is 1.50. The number of halogens is 1. The van der Waals surface area contributed by atoms with Crippen molar-refractivity contribution < 1.29 is 9.13 Å². The average Bonchev–Trinajstić information content (AvgIpc) is 2.45. The van der Waals surface area contributed by atoms with Gasteiger partial charge in [-0.1, -0.05) is 39.7 Å². The van der Waals surface area contributed by atoms with E-state index in [9.17, 15) is 4.39 Å². The van der Waals surface area contributed by atoms with Gasteiger partial charge in [-0.2, -0.15) is 0 Å². The van der Waals surface area contributed by atoms with Gasteiger partial charge in [-0.25, -0.2) is 4.39 Å². The predicted molar refractivity (Wildman–Crippen MR) is 85.1 cm³/mol. The van der Waals surface area contributed by atoms with E-state index >= 15 is 0 Å². The summed E-state index contributed by atoms with van der Waals surface area (Å²) in [6.07, 6.45) is 5.03. The molecule has 2 rings (SSSR count). The van der Waals surface area contributed by atoms with Crippen LogP contribution < -0.4 is 10.1 Å². The molecule has 0 saturated heterocycles. The van der Waals surface area contributed by atoms with Crippen LogP contribution >= 0.6 is 0 Å². The molecule has 2 nitrogen and oxygen atoms in total. The quantitative estimate of drug-likeness (QED) is 0.849. The second-order valence-electron chi connectivity index (χ2n) is 6.77. The molecule has 3 heteroatoms. The van der Waals surface area contributed by atoms with Crippen LogP contribution in [0.25, 0.3) is 0 Å². The second kappa shape index (κ2) is 6.78. The van der Waals surface area contributed by atoms with Crippen molar-refractivity contribution in [3.05, 3.63) is 29.6 Å². The van der Waals surface area contributed by atoms with Crippen molar-refractivity contribution in [3.8, 4) is 5.75 Å². The summed E-state index contributed by atoms with van der Waals surface area (Å²) in [5.41, 5.74) is 1.33. The van der Waals surface area contributed by atoms with Gasteiger partial charge in [0.1, 0.15) is 0 Å². The lowest BCUT2D eigenvalue weighted by atomic mass is 9.65. The Morgan fingerprint density at radius 3 is 2.71 bits per heavy atom. The Bertz CT molecular complexity index is 472. The maximum Gasteiger partial charge on any atom is 0.165 e. The summed E-state index contributed by atoms with van der Waals surface area (Å²) in [6, 6.07) is 5.59. The summed E-state index contributed by atoms with van der Waals surface area (Å²) in [5, 5.41) is 3.58. The lowest BCUT2D eigenvalue weighted by Crippen LogP contribution is -2.39. The molecule has 0 amide bonds. The standard InChI is InChI=1S/C18H28FNO/c1-5-20-17(14-8-6-7-11-18(14,2)3)13-9-10-16(21-4)15(19)12-13/h9-10,12,14,17,20H,5-8,11H2,1-4H3. The topological polar surface area (TPSA) is 21.3 Å². The van der Waals surface area contributed by atoms with Crippen molar-refractivity contribution >= 4 is 0 Å². The molecule has 1 fully saturated rings. The van der Waals surface area contributed by atoms with Crippen LogP contribution in [0.2, 0.25) is 0 Å². The van der Waals surface area contributed by atoms with Crippen LogP contribution in [0.3, 0.4) is 0 Å². The molecule has 1 aromatic carbocycles. The Hall–Kier alpha value is -1.09. The van der Waals surface area contributed by atoms with Crippen molar-refractivity contribution in [1.82, 2.24) is 5.32 Å². The van der Waals surface area contributed by atoms with Crippen LogP contribution in [0.5, 0.6) is 5.75 Å². The molecule has 1 saturated carbocycles. The summed E-state index contributed by atoms with van der Waals surface area (Å²) in [5.74, 6) is 0.586. The first kappa shape index (κ1) is 16.3. The third kappa shape index (κ3) is 3.57. The smallest absolute Gasteiger partial charge is 0.165 e. The summed E-state index contributed by atoms with van der Waals surface area (Å²) >= 11 is 0. The van der Waals surface area contributed by atoms with Crippen LogP contribution in [0.4, 0.5) is 4.39 Å². The molecule has 1 aliphatic rings. The van der Waals surface area contributed by atoms with Crippen LogP contribution in [-0.2, 0) is 0 Å². The van der Waals surface area contributed by atoms with Crippen molar-refractivity contribution in [2.24, 2.45) is 11.3 Å². The minimum absolute atomic E-state index is 0.214. The minimum atomic E-state index is -0.272. The number of rotatable bonds is 5. The number of benzene rings is 1. The molecule has 1 aliphatic carbocycles. The van der Waals surface area contributed by atoms with E-state index in [0.29, 0.717) is 17.1 Å². The van der Waals surface area contributed by atoms with E-state index in [1.807, 2.05) is 6.07 Å². The Labute approximate surface area is 128 Å². The van der Waals surface area contributed by atoms with E-state index in [4.69, 9.17) is 4.74 Å². The largest absolute Gasteiger partial charge is 0.494 e. The third-order valence-electron chi connectivity index (χ3n) is 4.95. The Balaban J connectivity index is 2.31. The van der Waals surface area contributed by atoms with E-state index in [-0.39, 0.29) is 11.9 Å². The van der Waals surface area contributed by atoms with Crippen molar-refractivity contribution in [1.29, 1.82) is 0 Å². The van der Waals surface area contributed by atoms with Gasteiger partial charge < -0.3 is 10.1 Å². The number of ether oxygens (including phenoxy) is 1. The molecular formula is C18H28FNO. The first-order chi connectivity index (χ1) is 9.99. The first-order valence-corrected chi connectivity index (χ1v) is 8.06. The number of nitrogens with one attached hydrogen (secondary N) is 1. The maximum absolute atomic E-state index is 14.1. The lowest BCUT2D eigenvalue weighted by Gasteiger charge is -2.43. The zero-order chi connectivity index (χ0) is 15.5. The highest BCUT2D eigenvalue weighted by molar-refractivity contribution is 5.31. The van der Waals surface area contributed by atoms with E-state index in [2.05, 4.69) is 26.1 Å². The molecule has 2 unspecified atom stereocenters. The van der Waals surface area contributed by atoms with Gasteiger partial charge in [-0.15, -0.1) is 0 Å². The van der Waals surface area contributed by atoms with E-state index < -0.39 is 0 Å². The van der Waals surface area contributed by atoms with Crippen molar-refractivity contribution in [3.63, 3.8) is 0 Å². The summed E-state index contributed by atoms with van der Waals surface area (Å²) in [4.78, 5) is 0. The normalized spacial score (nSPS) is 22.8. The molecule has 1 N–H and O–H groups in total. The van der Waals surface area contributed by atoms with Crippen LogP contribution in [0.1, 0.15) is 58.1 Å². The molecule has 0 bridgehead atoms. The Morgan fingerprint density at radius 1 is 1.38 bits per heavy atom. The molecule has 1 aromatic rings. The highest BCUT2D eigenvalue weighted by atomic mass is 19.1. The highest BCUT2D eigenvalue weighted by Crippen LogP contribution is 2.47.